The highest BCUT2D eigenvalue weighted by Crippen LogP contribution is 1.91. The van der Waals surface area contributed by atoms with Gasteiger partial charge in [-0.2, -0.15) is 0 Å². The monoisotopic (exact) mass is 175 g/mol. The minimum absolute atomic E-state index is 0.306. The second-order valence-electron chi connectivity index (χ2n) is 2.85. The molecule has 1 unspecified atom stereocenters. The smallest absolute Gasteiger partial charge is 0.334 e. The van der Waals surface area contributed by atoms with Crippen molar-refractivity contribution in [1.29, 1.82) is 0 Å². The van der Waals surface area contributed by atoms with Gasteiger partial charge in [0.05, 0.1) is 0 Å². The third-order valence-electron chi connectivity index (χ3n) is 1.47. The molecule has 72 valence electrons. The molecule has 0 aliphatic carbocycles. The molecule has 0 aromatic heterocycles. The molecular formula is C8H17NO3. The van der Waals surface area contributed by atoms with Crippen molar-refractivity contribution >= 4 is 5.97 Å². The summed E-state index contributed by atoms with van der Waals surface area (Å²) in [6, 6.07) is 0. The Kier molecular flexibility index (Phi) is 5.66. The number of carbonyl (C=O) groups excluding carboxylic acids is 1. The van der Waals surface area contributed by atoms with Crippen molar-refractivity contribution in [2.45, 2.75) is 13.0 Å². The average Bonchev–Trinajstić information content (AvgIpc) is 2.02. The van der Waals surface area contributed by atoms with Gasteiger partial charge in [-0.25, -0.2) is 4.79 Å². The molecule has 0 aliphatic rings. The van der Waals surface area contributed by atoms with E-state index in [0.29, 0.717) is 6.61 Å². The van der Waals surface area contributed by atoms with Crippen LogP contribution in [0, 0.1) is 0 Å². The topological polar surface area (TPSA) is 38.8 Å². The van der Waals surface area contributed by atoms with Gasteiger partial charge in [0.15, 0.2) is 6.10 Å². The minimum Gasteiger partial charge on any atom is -0.462 e. The van der Waals surface area contributed by atoms with Gasteiger partial charge in [-0.3, -0.25) is 0 Å². The van der Waals surface area contributed by atoms with Crippen LogP contribution in [0.25, 0.3) is 0 Å². The fourth-order valence-electron chi connectivity index (χ4n) is 0.542. The van der Waals surface area contributed by atoms with Gasteiger partial charge in [0.2, 0.25) is 0 Å². The molecule has 0 spiro atoms. The van der Waals surface area contributed by atoms with Crippen molar-refractivity contribution in [1.82, 2.24) is 4.90 Å². The second-order valence-corrected chi connectivity index (χ2v) is 2.85. The van der Waals surface area contributed by atoms with Gasteiger partial charge in [-0.1, -0.05) is 0 Å². The lowest BCUT2D eigenvalue weighted by molar-refractivity contribution is -0.154. The Morgan fingerprint density at radius 2 is 2.08 bits per heavy atom. The second kappa shape index (κ2) is 5.97. The van der Waals surface area contributed by atoms with Crippen LogP contribution >= 0.6 is 0 Å². The molecule has 1 atom stereocenters. The van der Waals surface area contributed by atoms with E-state index in [1.54, 1.807) is 6.92 Å². The van der Waals surface area contributed by atoms with Crippen LogP contribution in [0.2, 0.25) is 0 Å². The maximum absolute atomic E-state index is 11.0. The van der Waals surface area contributed by atoms with Crippen molar-refractivity contribution in [3.8, 4) is 0 Å². The lowest BCUT2D eigenvalue weighted by Gasteiger charge is -2.12. The van der Waals surface area contributed by atoms with Crippen LogP contribution in [0.5, 0.6) is 0 Å². The van der Waals surface area contributed by atoms with Crippen LogP contribution in [-0.2, 0) is 14.3 Å². The van der Waals surface area contributed by atoms with E-state index in [1.165, 1.54) is 7.11 Å². The van der Waals surface area contributed by atoms with E-state index in [9.17, 15) is 4.79 Å². The molecule has 0 amide bonds. The summed E-state index contributed by atoms with van der Waals surface area (Å²) in [6.45, 7) is 2.82. The summed E-state index contributed by atoms with van der Waals surface area (Å²) < 4.78 is 9.68. The fraction of sp³-hybridized carbons (Fsp3) is 0.875. The molecule has 0 aromatic rings. The molecule has 0 N–H and O–H groups in total. The lowest BCUT2D eigenvalue weighted by atomic mass is 10.4. The van der Waals surface area contributed by atoms with Gasteiger partial charge in [-0.15, -0.1) is 0 Å². The number of esters is 1. The predicted molar refractivity (Wildman–Crippen MR) is 46.0 cm³/mol. The average molecular weight is 175 g/mol. The van der Waals surface area contributed by atoms with E-state index in [1.807, 2.05) is 19.0 Å². The van der Waals surface area contributed by atoms with E-state index in [2.05, 4.69) is 0 Å². The van der Waals surface area contributed by atoms with Crippen molar-refractivity contribution in [3.05, 3.63) is 0 Å². The Morgan fingerprint density at radius 1 is 1.50 bits per heavy atom. The van der Waals surface area contributed by atoms with Crippen LogP contribution in [-0.4, -0.2) is 51.3 Å². The molecule has 4 nitrogen and oxygen atoms in total. The normalized spacial score (nSPS) is 13.1. The molecular weight excluding hydrogens is 158 g/mol. The highest BCUT2D eigenvalue weighted by Gasteiger charge is 2.12. The fourth-order valence-corrected chi connectivity index (χ4v) is 0.542. The Hall–Kier alpha value is -0.610. The van der Waals surface area contributed by atoms with Crippen LogP contribution in [0.1, 0.15) is 6.92 Å². The summed E-state index contributed by atoms with van der Waals surface area (Å²) in [5.74, 6) is -0.306. The van der Waals surface area contributed by atoms with Crippen molar-refractivity contribution in [2.75, 3.05) is 34.4 Å². The summed E-state index contributed by atoms with van der Waals surface area (Å²) in [5, 5.41) is 0. The Balaban J connectivity index is 3.44. The maximum atomic E-state index is 11.0. The van der Waals surface area contributed by atoms with Gasteiger partial charge < -0.3 is 14.4 Å². The zero-order valence-corrected chi connectivity index (χ0v) is 8.16. The van der Waals surface area contributed by atoms with E-state index in [4.69, 9.17) is 9.47 Å². The van der Waals surface area contributed by atoms with Crippen LogP contribution in [0.3, 0.4) is 0 Å². The Morgan fingerprint density at radius 3 is 2.50 bits per heavy atom. The van der Waals surface area contributed by atoms with E-state index in [-0.39, 0.29) is 5.97 Å². The number of carbonyl (C=O) groups is 1. The van der Waals surface area contributed by atoms with Crippen LogP contribution in [0.4, 0.5) is 0 Å². The number of hydrogen-bond donors (Lipinski definition) is 0. The van der Waals surface area contributed by atoms with Crippen LogP contribution < -0.4 is 0 Å². The first-order valence-electron chi connectivity index (χ1n) is 3.92. The highest BCUT2D eigenvalue weighted by molar-refractivity contribution is 5.74. The zero-order chi connectivity index (χ0) is 9.56. The first-order chi connectivity index (χ1) is 5.57. The summed E-state index contributed by atoms with van der Waals surface area (Å²) in [4.78, 5) is 12.9. The molecule has 0 heterocycles. The summed E-state index contributed by atoms with van der Waals surface area (Å²) in [5.41, 5.74) is 0. The van der Waals surface area contributed by atoms with E-state index < -0.39 is 6.10 Å². The highest BCUT2D eigenvalue weighted by atomic mass is 16.6. The van der Waals surface area contributed by atoms with E-state index in [0.717, 1.165) is 6.54 Å². The van der Waals surface area contributed by atoms with Gasteiger partial charge in [0.1, 0.15) is 6.61 Å². The van der Waals surface area contributed by atoms with Gasteiger partial charge in [0.25, 0.3) is 0 Å². The summed E-state index contributed by atoms with van der Waals surface area (Å²) in [7, 11) is 5.33. The number of likely N-dealkylation sites (N-methyl/N-ethyl adjacent to an activating group) is 1. The quantitative estimate of drug-likeness (QED) is 0.557. The lowest BCUT2D eigenvalue weighted by Crippen LogP contribution is -2.26. The van der Waals surface area contributed by atoms with Crippen LogP contribution in [0.15, 0.2) is 0 Å². The molecule has 0 saturated carbocycles. The maximum Gasteiger partial charge on any atom is 0.334 e. The number of hydrogen-bond acceptors (Lipinski definition) is 4. The molecule has 0 aliphatic heterocycles. The summed E-state index contributed by atoms with van der Waals surface area (Å²) in [6.07, 6.45) is -0.466. The number of nitrogens with zero attached hydrogens (tertiary/aromatic N) is 1. The third-order valence-corrected chi connectivity index (χ3v) is 1.47. The molecule has 0 bridgehead atoms. The number of methoxy groups -OCH3 is 1. The minimum atomic E-state index is -0.466. The van der Waals surface area contributed by atoms with Crippen molar-refractivity contribution < 1.29 is 14.3 Å². The zero-order valence-electron chi connectivity index (χ0n) is 8.16. The standard InChI is InChI=1S/C8H17NO3/c1-7(11-4)8(10)12-6-5-9(2)3/h7H,5-6H2,1-4H3. The molecule has 0 rings (SSSR count). The van der Waals surface area contributed by atoms with Gasteiger partial charge in [0, 0.05) is 13.7 Å². The molecule has 4 heteroatoms. The summed E-state index contributed by atoms with van der Waals surface area (Å²) >= 11 is 0. The first kappa shape index (κ1) is 11.4. The van der Waals surface area contributed by atoms with Gasteiger partial charge >= 0.3 is 5.97 Å². The first-order valence-corrected chi connectivity index (χ1v) is 3.92. The number of rotatable bonds is 5. The Bertz CT molecular complexity index is 136. The molecule has 0 radical (unpaired) electrons. The molecule has 0 saturated heterocycles. The van der Waals surface area contributed by atoms with E-state index >= 15 is 0 Å². The SMILES string of the molecule is COC(C)C(=O)OCCN(C)C. The molecule has 0 aromatic carbocycles. The number of ether oxygens (including phenoxy) is 2. The van der Waals surface area contributed by atoms with Crippen molar-refractivity contribution in [2.24, 2.45) is 0 Å². The Labute approximate surface area is 73.4 Å². The third kappa shape index (κ3) is 5.09. The predicted octanol–water partition coefficient (Wildman–Crippen LogP) is 0.126. The van der Waals surface area contributed by atoms with Crippen molar-refractivity contribution in [3.63, 3.8) is 0 Å². The molecule has 0 fully saturated rings. The largest absolute Gasteiger partial charge is 0.462 e. The molecule has 12 heavy (non-hydrogen) atoms. The van der Waals surface area contributed by atoms with Gasteiger partial charge in [-0.05, 0) is 21.0 Å².